The van der Waals surface area contributed by atoms with Gasteiger partial charge in [0.1, 0.15) is 9.53 Å². The van der Waals surface area contributed by atoms with E-state index >= 15 is 0 Å². The minimum absolute atomic E-state index is 0.0688. The Bertz CT molecular complexity index is 706. The lowest BCUT2D eigenvalue weighted by Gasteiger charge is -2.62. The summed E-state index contributed by atoms with van der Waals surface area (Å²) in [5.41, 5.74) is -7.02. The summed E-state index contributed by atoms with van der Waals surface area (Å²) < 4.78 is 123. The summed E-state index contributed by atoms with van der Waals surface area (Å²) in [7, 11) is 0. The van der Waals surface area contributed by atoms with Crippen LogP contribution in [0.1, 0.15) is 52.4 Å². The van der Waals surface area contributed by atoms with E-state index in [1.54, 1.807) is 13.8 Å². The fraction of sp³-hybridized carbons (Fsp3) is 0.950. The van der Waals surface area contributed by atoms with Crippen LogP contribution in [0.2, 0.25) is 0 Å². The molecule has 4 saturated carbocycles. The van der Waals surface area contributed by atoms with E-state index in [1.165, 1.54) is 0 Å². The second-order valence-electron chi connectivity index (χ2n) is 9.78. The Morgan fingerprint density at radius 1 is 0.875 bits per heavy atom. The molecule has 0 saturated heterocycles. The van der Waals surface area contributed by atoms with E-state index in [9.17, 15) is 44.3 Å². The molecule has 32 heavy (non-hydrogen) atoms. The number of hydrogen-bond donors (Lipinski definition) is 0. The van der Waals surface area contributed by atoms with E-state index in [0.717, 1.165) is 54.7 Å². The lowest BCUT2D eigenvalue weighted by molar-refractivity contribution is -0.384. The zero-order valence-corrected chi connectivity index (χ0v) is 19.5. The van der Waals surface area contributed by atoms with Crippen molar-refractivity contribution in [2.45, 2.75) is 85.8 Å². The molecule has 0 amide bonds. The van der Waals surface area contributed by atoms with Gasteiger partial charge in [0.15, 0.2) is 0 Å². The molecule has 2 atom stereocenters. The van der Waals surface area contributed by atoms with Crippen molar-refractivity contribution in [2.75, 3.05) is 0 Å². The molecule has 0 radical (unpaired) electrons. The Balaban J connectivity index is 1.85. The van der Waals surface area contributed by atoms with E-state index in [2.05, 4.69) is 0 Å². The number of hydrogen-bond acceptors (Lipinski definition) is 2. The SMILES string of the molecule is CC(C)C1(OC(=O)C(I)CC(F)(C(F)(F)F)C(F)(F)C(F)(F)F)C2CC3CC(C2)CC1C3. The predicted molar refractivity (Wildman–Crippen MR) is 104 cm³/mol. The standard InChI is InChI=1S/C20H24F9IO2/c1-9(2)17(12-4-10-3-11(6-12)7-13(17)5-10)32-15(31)14(30)8-16(21,19(24,25)26)18(22,23)20(27,28)29/h9-14H,3-8H2,1-2H3. The van der Waals surface area contributed by atoms with E-state index in [4.69, 9.17) is 4.74 Å². The average Bonchev–Trinajstić information content (AvgIpc) is 2.61. The zero-order valence-electron chi connectivity index (χ0n) is 17.3. The molecule has 4 bridgehead atoms. The lowest BCUT2D eigenvalue weighted by Crippen LogP contribution is -2.64. The Hall–Kier alpha value is -0.430. The number of carbonyl (C=O) groups excluding carboxylic acids is 1. The lowest BCUT2D eigenvalue weighted by atomic mass is 9.47. The van der Waals surface area contributed by atoms with Crippen molar-refractivity contribution in [3.63, 3.8) is 0 Å². The molecule has 0 aromatic carbocycles. The Morgan fingerprint density at radius 3 is 1.66 bits per heavy atom. The third-order valence-corrected chi connectivity index (χ3v) is 8.56. The van der Waals surface area contributed by atoms with Gasteiger partial charge in [-0.1, -0.05) is 36.4 Å². The number of rotatable bonds is 6. The Labute approximate surface area is 193 Å². The van der Waals surface area contributed by atoms with Gasteiger partial charge in [-0.15, -0.1) is 0 Å². The third kappa shape index (κ3) is 3.91. The fourth-order valence-corrected chi connectivity index (χ4v) is 7.10. The molecule has 0 aliphatic heterocycles. The Kier molecular flexibility index (Phi) is 6.60. The minimum atomic E-state index is -6.79. The van der Waals surface area contributed by atoms with Crippen molar-refractivity contribution in [3.8, 4) is 0 Å². The topological polar surface area (TPSA) is 26.3 Å². The number of carbonyl (C=O) groups is 1. The first-order valence-corrected chi connectivity index (χ1v) is 11.7. The van der Waals surface area contributed by atoms with E-state index < -0.39 is 45.9 Å². The molecule has 0 spiro atoms. The molecular weight excluding hydrogens is 570 g/mol. The number of ether oxygens (including phenoxy) is 1. The molecular formula is C20H24F9IO2. The van der Waals surface area contributed by atoms with Gasteiger partial charge in [0.05, 0.1) is 0 Å². The molecule has 4 fully saturated rings. The third-order valence-electron chi connectivity index (χ3n) is 7.61. The molecule has 0 N–H and O–H groups in total. The molecule has 186 valence electrons. The number of alkyl halides is 10. The normalized spacial score (nSPS) is 35.7. The van der Waals surface area contributed by atoms with Gasteiger partial charge < -0.3 is 4.74 Å². The van der Waals surface area contributed by atoms with Crippen LogP contribution in [0.15, 0.2) is 0 Å². The molecule has 0 aromatic rings. The van der Waals surface area contributed by atoms with Crippen LogP contribution in [0.5, 0.6) is 0 Å². The maximum Gasteiger partial charge on any atom is 0.457 e. The van der Waals surface area contributed by atoms with Gasteiger partial charge in [-0.25, -0.2) is 4.39 Å². The zero-order chi connectivity index (χ0) is 24.5. The Morgan fingerprint density at radius 2 is 1.31 bits per heavy atom. The molecule has 4 rings (SSSR count). The number of esters is 1. The van der Waals surface area contributed by atoms with Gasteiger partial charge in [0.25, 0.3) is 5.67 Å². The second-order valence-corrected chi connectivity index (χ2v) is 11.3. The van der Waals surface area contributed by atoms with E-state index in [1.807, 2.05) is 0 Å². The quantitative estimate of drug-likeness (QED) is 0.143. The molecule has 2 nitrogen and oxygen atoms in total. The van der Waals surface area contributed by atoms with Crippen molar-refractivity contribution >= 4 is 28.6 Å². The summed E-state index contributed by atoms with van der Waals surface area (Å²) in [5, 5.41) is 0. The van der Waals surface area contributed by atoms with Crippen LogP contribution in [-0.4, -0.2) is 39.4 Å². The summed E-state index contributed by atoms with van der Waals surface area (Å²) in [6.07, 6.45) is -11.7. The van der Waals surface area contributed by atoms with Crippen molar-refractivity contribution in [1.29, 1.82) is 0 Å². The van der Waals surface area contributed by atoms with Crippen molar-refractivity contribution in [3.05, 3.63) is 0 Å². The first-order valence-electron chi connectivity index (χ1n) is 10.4. The van der Waals surface area contributed by atoms with Crippen molar-refractivity contribution < 1.29 is 49.0 Å². The van der Waals surface area contributed by atoms with Crippen LogP contribution >= 0.6 is 22.6 Å². The molecule has 0 heterocycles. The van der Waals surface area contributed by atoms with Crippen molar-refractivity contribution in [1.82, 2.24) is 0 Å². The summed E-state index contributed by atoms with van der Waals surface area (Å²) in [4.78, 5) is 12.7. The smallest absolute Gasteiger partial charge is 0.457 e. The maximum absolute atomic E-state index is 14.5. The summed E-state index contributed by atoms with van der Waals surface area (Å²) >= 11 is 0.969. The summed E-state index contributed by atoms with van der Waals surface area (Å²) in [5.74, 6) is -7.61. The molecule has 0 aromatic heterocycles. The molecule has 4 aliphatic rings. The van der Waals surface area contributed by atoms with Gasteiger partial charge in [0.2, 0.25) is 0 Å². The summed E-state index contributed by atoms with van der Waals surface area (Å²) in [6, 6.07) is 0. The average molecular weight is 594 g/mol. The largest absolute Gasteiger partial charge is 0.457 e. The first-order chi connectivity index (χ1) is 14.4. The summed E-state index contributed by atoms with van der Waals surface area (Å²) in [6.45, 7) is 3.56. The predicted octanol–water partition coefficient (Wildman–Crippen LogP) is 7.04. The highest BCUT2D eigenvalue weighted by Gasteiger charge is 2.81. The maximum atomic E-state index is 14.5. The van der Waals surface area contributed by atoms with Gasteiger partial charge in [-0.2, -0.15) is 35.1 Å². The van der Waals surface area contributed by atoms with Crippen LogP contribution in [0.4, 0.5) is 39.5 Å². The van der Waals surface area contributed by atoms with E-state index in [-0.39, 0.29) is 17.8 Å². The van der Waals surface area contributed by atoms with Gasteiger partial charge in [0, 0.05) is 6.42 Å². The van der Waals surface area contributed by atoms with Crippen LogP contribution in [0.25, 0.3) is 0 Å². The minimum Gasteiger partial charge on any atom is -0.457 e. The molecule has 4 aliphatic carbocycles. The van der Waals surface area contributed by atoms with Gasteiger partial charge >= 0.3 is 24.2 Å². The van der Waals surface area contributed by atoms with Crippen LogP contribution in [0.3, 0.4) is 0 Å². The van der Waals surface area contributed by atoms with Gasteiger partial charge in [-0.05, 0) is 61.7 Å². The highest BCUT2D eigenvalue weighted by Crippen LogP contribution is 2.62. The highest BCUT2D eigenvalue weighted by molar-refractivity contribution is 14.1. The van der Waals surface area contributed by atoms with Crippen LogP contribution in [0, 0.1) is 29.6 Å². The second kappa shape index (κ2) is 8.07. The van der Waals surface area contributed by atoms with Crippen LogP contribution in [-0.2, 0) is 9.53 Å². The monoisotopic (exact) mass is 594 g/mol. The van der Waals surface area contributed by atoms with Crippen molar-refractivity contribution in [2.24, 2.45) is 29.6 Å². The van der Waals surface area contributed by atoms with Gasteiger partial charge in [-0.3, -0.25) is 4.79 Å². The fourth-order valence-electron chi connectivity index (χ4n) is 6.36. The van der Waals surface area contributed by atoms with Crippen LogP contribution < -0.4 is 0 Å². The molecule has 12 heteroatoms. The highest BCUT2D eigenvalue weighted by atomic mass is 127. The number of halogens is 10. The first kappa shape index (κ1) is 26.2. The van der Waals surface area contributed by atoms with E-state index in [0.29, 0.717) is 11.8 Å². The molecule has 2 unspecified atom stereocenters.